The fraction of sp³-hybridized carbons (Fsp3) is 0.360. The molecule has 168 valence electrons. The summed E-state index contributed by atoms with van der Waals surface area (Å²) >= 11 is 11.9. The molecular formula is C25H27Cl2N3O2. The van der Waals surface area contributed by atoms with Gasteiger partial charge in [-0.3, -0.25) is 9.69 Å². The molecule has 0 radical (unpaired) electrons. The number of oxazole rings is 1. The van der Waals surface area contributed by atoms with Gasteiger partial charge in [-0.15, -0.1) is 0 Å². The van der Waals surface area contributed by atoms with E-state index in [9.17, 15) is 4.79 Å². The number of carbonyl (C=O) groups is 1. The Morgan fingerprint density at radius 2 is 1.81 bits per heavy atom. The highest BCUT2D eigenvalue weighted by Gasteiger charge is 2.26. The van der Waals surface area contributed by atoms with Crippen molar-refractivity contribution in [2.75, 3.05) is 19.6 Å². The number of rotatable bonds is 7. The Morgan fingerprint density at radius 1 is 1.12 bits per heavy atom. The minimum Gasteiger partial charge on any atom is -0.441 e. The van der Waals surface area contributed by atoms with E-state index in [2.05, 4.69) is 10.2 Å². The predicted molar refractivity (Wildman–Crippen MR) is 128 cm³/mol. The molecule has 0 aliphatic carbocycles. The van der Waals surface area contributed by atoms with Crippen molar-refractivity contribution in [2.24, 2.45) is 5.92 Å². The van der Waals surface area contributed by atoms with Crippen molar-refractivity contribution in [3.05, 3.63) is 75.6 Å². The Kier molecular flexibility index (Phi) is 7.51. The third-order valence-corrected chi connectivity index (χ3v) is 6.36. The van der Waals surface area contributed by atoms with Crippen molar-refractivity contribution in [1.29, 1.82) is 0 Å². The molecule has 0 unspecified atom stereocenters. The average Bonchev–Trinajstić information content (AvgIpc) is 3.16. The van der Waals surface area contributed by atoms with Gasteiger partial charge in [0.05, 0.1) is 11.6 Å². The van der Waals surface area contributed by atoms with Crippen LogP contribution in [0.1, 0.15) is 29.9 Å². The lowest BCUT2D eigenvalue weighted by Gasteiger charge is -2.31. The van der Waals surface area contributed by atoms with E-state index in [-0.39, 0.29) is 11.8 Å². The van der Waals surface area contributed by atoms with Crippen LogP contribution in [0.25, 0.3) is 11.5 Å². The van der Waals surface area contributed by atoms with Gasteiger partial charge in [0.25, 0.3) is 0 Å². The normalized spacial score (nSPS) is 16.8. The Bertz CT molecular complexity index is 1050. The Hall–Kier alpha value is -2.34. The van der Waals surface area contributed by atoms with Gasteiger partial charge in [-0.2, -0.15) is 0 Å². The van der Waals surface area contributed by atoms with Crippen molar-refractivity contribution >= 4 is 29.1 Å². The molecule has 1 aliphatic rings. The third-order valence-electron chi connectivity index (χ3n) is 5.86. The number of aryl methyl sites for hydroxylation is 1. The highest BCUT2D eigenvalue weighted by Crippen LogP contribution is 2.25. The molecule has 1 aliphatic heterocycles. The molecule has 1 saturated heterocycles. The predicted octanol–water partition coefficient (Wildman–Crippen LogP) is 5.53. The highest BCUT2D eigenvalue weighted by atomic mass is 35.5. The molecule has 1 amide bonds. The summed E-state index contributed by atoms with van der Waals surface area (Å²) < 4.78 is 5.89. The quantitative estimate of drug-likeness (QED) is 0.492. The summed E-state index contributed by atoms with van der Waals surface area (Å²) in [7, 11) is 0. The van der Waals surface area contributed by atoms with Gasteiger partial charge < -0.3 is 9.73 Å². The second-order valence-electron chi connectivity index (χ2n) is 8.27. The van der Waals surface area contributed by atoms with E-state index in [1.54, 1.807) is 0 Å². The first-order valence-corrected chi connectivity index (χ1v) is 11.7. The van der Waals surface area contributed by atoms with Gasteiger partial charge in [0.1, 0.15) is 5.76 Å². The molecule has 0 spiro atoms. The lowest BCUT2D eigenvalue weighted by molar-refractivity contribution is -0.126. The van der Waals surface area contributed by atoms with E-state index >= 15 is 0 Å². The Morgan fingerprint density at radius 3 is 2.53 bits per heavy atom. The summed E-state index contributed by atoms with van der Waals surface area (Å²) in [5.41, 5.74) is 2.98. The SMILES string of the molecule is Cc1oc(-c2ccc(Cl)cc2)nc1CN1CCC[C@@H](C(=O)NCCc2ccc(Cl)cc2)C1. The number of aromatic nitrogens is 1. The Balaban J connectivity index is 1.30. The molecule has 5 nitrogen and oxygen atoms in total. The molecule has 0 saturated carbocycles. The standard InChI is InChI=1S/C25H27Cl2N3O2/c1-17-23(29-25(32-17)19-6-10-22(27)11-7-19)16-30-14-2-3-20(15-30)24(31)28-13-12-18-4-8-21(26)9-5-18/h4-11,20H,2-3,12-16H2,1H3,(H,28,31)/t20-/m1/s1. The molecule has 7 heteroatoms. The van der Waals surface area contributed by atoms with Crippen LogP contribution in [-0.4, -0.2) is 35.4 Å². The van der Waals surface area contributed by atoms with Crippen molar-refractivity contribution in [3.8, 4) is 11.5 Å². The maximum absolute atomic E-state index is 12.7. The maximum Gasteiger partial charge on any atom is 0.226 e. The molecule has 3 aromatic rings. The molecule has 0 bridgehead atoms. The lowest BCUT2D eigenvalue weighted by atomic mass is 9.97. The molecule has 1 aromatic heterocycles. The zero-order chi connectivity index (χ0) is 22.5. The fourth-order valence-electron chi connectivity index (χ4n) is 4.04. The van der Waals surface area contributed by atoms with E-state index in [1.165, 1.54) is 0 Å². The number of nitrogens with zero attached hydrogens (tertiary/aromatic N) is 2. The van der Waals surface area contributed by atoms with Gasteiger partial charge >= 0.3 is 0 Å². The first kappa shape index (κ1) is 22.8. The van der Waals surface area contributed by atoms with Crippen LogP contribution in [-0.2, 0) is 17.8 Å². The van der Waals surface area contributed by atoms with Crippen molar-refractivity contribution in [2.45, 2.75) is 32.7 Å². The van der Waals surface area contributed by atoms with Gasteiger partial charge in [0.2, 0.25) is 11.8 Å². The van der Waals surface area contributed by atoms with Crippen LogP contribution in [0.15, 0.2) is 52.9 Å². The lowest BCUT2D eigenvalue weighted by Crippen LogP contribution is -2.43. The molecule has 4 rings (SSSR count). The van der Waals surface area contributed by atoms with E-state index in [1.807, 2.05) is 55.5 Å². The minimum absolute atomic E-state index is 0.00286. The molecule has 1 N–H and O–H groups in total. The fourth-order valence-corrected chi connectivity index (χ4v) is 4.29. The van der Waals surface area contributed by atoms with E-state index < -0.39 is 0 Å². The van der Waals surface area contributed by atoms with Crippen molar-refractivity contribution in [3.63, 3.8) is 0 Å². The molecular weight excluding hydrogens is 445 g/mol. The maximum atomic E-state index is 12.7. The van der Waals surface area contributed by atoms with Crippen LogP contribution < -0.4 is 5.32 Å². The Labute approximate surface area is 198 Å². The smallest absolute Gasteiger partial charge is 0.226 e. The summed E-state index contributed by atoms with van der Waals surface area (Å²) in [5.74, 6) is 1.53. The number of hydrogen-bond donors (Lipinski definition) is 1. The summed E-state index contributed by atoms with van der Waals surface area (Å²) in [4.78, 5) is 19.7. The number of carbonyl (C=O) groups excluding carboxylic acids is 1. The summed E-state index contributed by atoms with van der Waals surface area (Å²) in [6, 6.07) is 15.2. The van der Waals surface area contributed by atoms with Crippen LogP contribution in [0, 0.1) is 12.8 Å². The topological polar surface area (TPSA) is 58.4 Å². The number of hydrogen-bond acceptors (Lipinski definition) is 4. The average molecular weight is 472 g/mol. The largest absolute Gasteiger partial charge is 0.441 e. The van der Waals surface area contributed by atoms with E-state index in [0.717, 1.165) is 60.0 Å². The summed E-state index contributed by atoms with van der Waals surface area (Å²) in [6.45, 7) is 4.93. The zero-order valence-corrected chi connectivity index (χ0v) is 19.6. The van der Waals surface area contributed by atoms with Crippen LogP contribution in [0.2, 0.25) is 10.0 Å². The summed E-state index contributed by atoms with van der Waals surface area (Å²) in [6.07, 6.45) is 2.71. The van der Waals surface area contributed by atoms with Gasteiger partial charge in [-0.05, 0) is 74.7 Å². The van der Waals surface area contributed by atoms with Gasteiger partial charge in [-0.1, -0.05) is 35.3 Å². The van der Waals surface area contributed by atoms with Crippen molar-refractivity contribution in [1.82, 2.24) is 15.2 Å². The molecule has 1 atom stereocenters. The van der Waals surface area contributed by atoms with Crippen molar-refractivity contribution < 1.29 is 9.21 Å². The van der Waals surface area contributed by atoms with Crippen LogP contribution in [0.5, 0.6) is 0 Å². The van der Waals surface area contributed by atoms with Gasteiger partial charge in [-0.25, -0.2) is 4.98 Å². The number of amides is 1. The van der Waals surface area contributed by atoms with Crippen LogP contribution in [0.4, 0.5) is 0 Å². The van der Waals surface area contributed by atoms with Crippen LogP contribution >= 0.6 is 23.2 Å². The number of benzene rings is 2. The second-order valence-corrected chi connectivity index (χ2v) is 9.14. The highest BCUT2D eigenvalue weighted by molar-refractivity contribution is 6.30. The number of likely N-dealkylation sites (tertiary alicyclic amines) is 1. The first-order chi connectivity index (χ1) is 15.5. The molecule has 32 heavy (non-hydrogen) atoms. The van der Waals surface area contributed by atoms with Crippen LogP contribution in [0.3, 0.4) is 0 Å². The monoisotopic (exact) mass is 471 g/mol. The van der Waals surface area contributed by atoms with E-state index in [4.69, 9.17) is 32.6 Å². The van der Waals surface area contributed by atoms with Gasteiger partial charge in [0, 0.05) is 35.2 Å². The third kappa shape index (κ3) is 5.91. The molecule has 2 aromatic carbocycles. The van der Waals surface area contributed by atoms with E-state index in [0.29, 0.717) is 24.0 Å². The second kappa shape index (κ2) is 10.5. The summed E-state index contributed by atoms with van der Waals surface area (Å²) in [5, 5.41) is 4.51. The molecule has 2 heterocycles. The molecule has 1 fully saturated rings. The number of nitrogens with one attached hydrogen (secondary N) is 1. The number of halogens is 2. The number of piperidine rings is 1. The minimum atomic E-state index is -0.00286. The first-order valence-electron chi connectivity index (χ1n) is 10.9. The van der Waals surface area contributed by atoms with Gasteiger partial charge in [0.15, 0.2) is 0 Å². The zero-order valence-electron chi connectivity index (χ0n) is 18.1.